The summed E-state index contributed by atoms with van der Waals surface area (Å²) in [7, 11) is -4.01. The SMILES string of the molecule is CC1(C)C(/C=C/C2=C(Cl)C(=C/C=C3\N(CCCS(=O)(=O)O)c4cc5c(cc4C3(C)C)OCO5)CCC2)=[N+](CCCS(=O)(=O)O)c2cc3c(cc21)OCO3.CN1/C(=C\C=C2CCCC(/C=C/C3=[N+](C)c4cc5c(cc4C3(C)C)OCO5)=C2Cl)C(C)(C)c2cc3c(cc21)OCO3. The maximum atomic E-state index is 11.6. The molecule has 2 aliphatic carbocycles. The molecule has 0 unspecified atom stereocenters. The molecule has 0 amide bonds. The Balaban J connectivity index is 0.000000176. The highest BCUT2D eigenvalue weighted by Gasteiger charge is 2.48. The third kappa shape index (κ3) is 11.9. The predicted molar refractivity (Wildman–Crippen MR) is 365 cm³/mol. The smallest absolute Gasteiger partial charge is 0.265 e. The fourth-order valence-corrected chi connectivity index (χ4v) is 16.6. The highest BCUT2D eigenvalue weighted by Crippen LogP contribution is 2.55. The Kier molecular flexibility index (Phi) is 16.9. The van der Waals surface area contributed by atoms with Crippen LogP contribution in [0.4, 0.5) is 22.7 Å². The maximum absolute atomic E-state index is 11.6. The largest absolute Gasteiger partial charge is 0.454 e. The third-order valence-electron chi connectivity index (χ3n) is 20.1. The van der Waals surface area contributed by atoms with Crippen molar-refractivity contribution in [2.45, 2.75) is 128 Å². The van der Waals surface area contributed by atoms with Crippen LogP contribution in [0.15, 0.2) is 141 Å². The molecule has 0 saturated carbocycles. The summed E-state index contributed by atoms with van der Waals surface area (Å²) >= 11 is 14.2. The fraction of sp³-hybridized carbons (Fsp3) is 0.417. The van der Waals surface area contributed by atoms with E-state index < -0.39 is 31.1 Å². The summed E-state index contributed by atoms with van der Waals surface area (Å²) in [5.74, 6) is 5.13. The van der Waals surface area contributed by atoms with Gasteiger partial charge in [0.05, 0.1) is 34.5 Å². The number of hydrogen-bond acceptors (Lipinski definition) is 14. The van der Waals surface area contributed by atoms with Gasteiger partial charge in [-0.25, -0.2) is 0 Å². The molecule has 8 heterocycles. The highest BCUT2D eigenvalue weighted by molar-refractivity contribution is 7.86. The normalized spacial score (nSPS) is 22.3. The van der Waals surface area contributed by atoms with Gasteiger partial charge < -0.3 is 47.7 Å². The second-order valence-electron chi connectivity index (χ2n) is 27.4. The summed E-state index contributed by atoms with van der Waals surface area (Å²) < 4.78 is 115. The molecule has 0 saturated heterocycles. The van der Waals surface area contributed by atoms with Crippen molar-refractivity contribution in [2.75, 3.05) is 75.7 Å². The van der Waals surface area contributed by atoms with Crippen LogP contribution in [0.1, 0.15) is 129 Å². The lowest BCUT2D eigenvalue weighted by Gasteiger charge is -2.27. The minimum absolute atomic E-state index is 0.138. The Hall–Kier alpha value is -7.46. The molecule has 0 bridgehead atoms. The van der Waals surface area contributed by atoms with Crippen LogP contribution in [0.2, 0.25) is 0 Å². The van der Waals surface area contributed by atoms with E-state index in [0.29, 0.717) is 41.1 Å². The monoisotopic (exact) mass is 1360 g/mol. The van der Waals surface area contributed by atoms with Gasteiger partial charge in [0.15, 0.2) is 57.4 Å². The average molecular weight is 1360 g/mol. The molecule has 10 aliphatic rings. The molecule has 0 atom stereocenters. The molecule has 0 fully saturated rings. The van der Waals surface area contributed by atoms with Crippen LogP contribution in [0.3, 0.4) is 0 Å². The Morgan fingerprint density at radius 3 is 1.41 bits per heavy atom. The summed E-state index contributed by atoms with van der Waals surface area (Å²) in [4.78, 5) is 4.34. The molecule has 94 heavy (non-hydrogen) atoms. The van der Waals surface area contributed by atoms with Gasteiger partial charge in [0.1, 0.15) is 13.6 Å². The number of nitrogens with zero attached hydrogens (tertiary/aromatic N) is 4. The lowest BCUT2D eigenvalue weighted by Crippen LogP contribution is -2.28. The number of fused-ring (bicyclic) bond motifs is 8. The van der Waals surface area contributed by atoms with Crippen molar-refractivity contribution < 1.29 is 73.0 Å². The summed E-state index contributed by atoms with van der Waals surface area (Å²) in [5, 5.41) is 1.52. The van der Waals surface area contributed by atoms with Gasteiger partial charge in [-0.15, -0.1) is 0 Å². The first kappa shape index (κ1) is 65.2. The first-order chi connectivity index (χ1) is 44.5. The standard InChI is InChI=1S/C38H43ClN2O10S2.C34H36ClN2O4/c1-37(2)26-18-30-32(50-22-48-30)20-28(26)40(14-6-16-52(42,43)44)34(37)12-10-24-8-5-9-25(36(24)39)11-13-35-38(3,4)27-19-31-33(51-23-49-31)21-29(27)41(35)15-7-17-53(45,46)47;1-33(2)22-14-26-28(40-18-38-26)16-24(22)36(5)30(33)12-10-20-8-7-9-21(32(20)35)11-13-31-34(3,4)23-15-27-29(41-19-39-27)17-25(23)37(31)6/h10-13,18-21H,5-9,14-17,22-23H2,1-4H3,(H-,42,43,44,45,46,47);10-17H,7-9,18-19H2,1-6H3/q;+1/p+1. The molecular weight excluding hydrogens is 1280 g/mol. The van der Waals surface area contributed by atoms with E-state index in [0.717, 1.165) is 123 Å². The molecule has 0 radical (unpaired) electrons. The molecule has 496 valence electrons. The second-order valence-corrected chi connectivity index (χ2v) is 31.3. The molecular formula is C72H80Cl2N4O14S2+2. The molecule has 0 aromatic heterocycles. The van der Waals surface area contributed by atoms with Gasteiger partial charge in [0, 0.05) is 99.1 Å². The third-order valence-corrected chi connectivity index (χ3v) is 22.7. The van der Waals surface area contributed by atoms with E-state index >= 15 is 0 Å². The van der Waals surface area contributed by atoms with E-state index in [1.807, 2.05) is 36.4 Å². The summed E-state index contributed by atoms with van der Waals surface area (Å²) in [6.07, 6.45) is 23.0. The van der Waals surface area contributed by atoms with Gasteiger partial charge in [-0.3, -0.25) is 9.11 Å². The number of halogens is 2. The van der Waals surface area contributed by atoms with Crippen molar-refractivity contribution in [3.63, 3.8) is 0 Å². The van der Waals surface area contributed by atoms with E-state index in [2.05, 4.69) is 149 Å². The topological polar surface area (TPSA) is 195 Å². The number of anilines is 2. The zero-order valence-electron chi connectivity index (χ0n) is 54.7. The lowest BCUT2D eigenvalue weighted by molar-refractivity contribution is -0.437. The van der Waals surface area contributed by atoms with Crippen molar-refractivity contribution in [2.24, 2.45) is 0 Å². The number of likely N-dealkylation sites (N-methyl/N-ethyl adjacent to an activating group) is 1. The van der Waals surface area contributed by atoms with Crippen LogP contribution in [-0.2, 0) is 41.9 Å². The molecule has 18 nitrogen and oxygen atoms in total. The number of ether oxygens (including phenoxy) is 8. The molecule has 4 aromatic carbocycles. The number of rotatable bonds is 14. The minimum atomic E-state index is -4.13. The molecule has 4 aromatic rings. The van der Waals surface area contributed by atoms with E-state index in [9.17, 15) is 25.9 Å². The molecule has 8 aliphatic heterocycles. The van der Waals surface area contributed by atoms with Crippen LogP contribution in [0, 0.1) is 0 Å². The van der Waals surface area contributed by atoms with Gasteiger partial charge in [-0.1, -0.05) is 75.2 Å². The van der Waals surface area contributed by atoms with Crippen molar-refractivity contribution in [1.82, 2.24) is 0 Å². The van der Waals surface area contributed by atoms with E-state index in [1.165, 1.54) is 33.7 Å². The van der Waals surface area contributed by atoms with Crippen molar-refractivity contribution in [3.8, 4) is 46.0 Å². The molecule has 2 N–H and O–H groups in total. The lowest BCUT2D eigenvalue weighted by atomic mass is 9.81. The fourth-order valence-electron chi connectivity index (χ4n) is 15.0. The van der Waals surface area contributed by atoms with E-state index in [1.54, 1.807) is 0 Å². The number of hydrogen-bond donors (Lipinski definition) is 2. The Labute approximate surface area is 560 Å². The summed E-state index contributed by atoms with van der Waals surface area (Å²) in [6, 6.07) is 16.3. The molecule has 14 rings (SSSR count). The van der Waals surface area contributed by atoms with Gasteiger partial charge in [-0.05, 0) is 142 Å². The number of allylic oxidation sites excluding steroid dienone is 16. The highest BCUT2D eigenvalue weighted by atomic mass is 35.5. The quantitative estimate of drug-likeness (QED) is 0.0893. The second kappa shape index (κ2) is 24.3. The Bertz CT molecular complexity index is 4470. The van der Waals surface area contributed by atoms with E-state index in [4.69, 9.17) is 61.1 Å². The molecule has 22 heteroatoms. The van der Waals surface area contributed by atoms with Crippen molar-refractivity contribution in [1.29, 1.82) is 0 Å². The number of benzene rings is 4. The van der Waals surface area contributed by atoms with Crippen LogP contribution >= 0.6 is 23.2 Å². The van der Waals surface area contributed by atoms with Gasteiger partial charge >= 0.3 is 0 Å². The Morgan fingerprint density at radius 1 is 0.489 bits per heavy atom. The summed E-state index contributed by atoms with van der Waals surface area (Å²) in [6.45, 7) is 19.1. The molecule has 0 spiro atoms. The maximum Gasteiger partial charge on any atom is 0.265 e. The average Bonchev–Trinajstić information content (AvgIpc) is 1.61. The zero-order chi connectivity index (χ0) is 66.6. The Morgan fingerprint density at radius 2 is 0.894 bits per heavy atom. The van der Waals surface area contributed by atoms with Crippen LogP contribution in [0.25, 0.3) is 0 Å². The summed E-state index contributed by atoms with van der Waals surface area (Å²) in [5.41, 5.74) is 16.0. The predicted octanol–water partition coefficient (Wildman–Crippen LogP) is 14.5. The van der Waals surface area contributed by atoms with Crippen LogP contribution < -0.4 is 47.7 Å². The van der Waals surface area contributed by atoms with Crippen LogP contribution in [0.5, 0.6) is 46.0 Å². The van der Waals surface area contributed by atoms with Crippen molar-refractivity contribution >= 4 is 77.6 Å². The van der Waals surface area contributed by atoms with Crippen molar-refractivity contribution in [3.05, 3.63) is 163 Å². The van der Waals surface area contributed by atoms with Crippen LogP contribution in [-0.4, -0.2) is 112 Å². The van der Waals surface area contributed by atoms with E-state index in [-0.39, 0.29) is 62.3 Å². The van der Waals surface area contributed by atoms with Gasteiger partial charge in [0.25, 0.3) is 20.2 Å². The minimum Gasteiger partial charge on any atom is -0.454 e. The first-order valence-electron chi connectivity index (χ1n) is 31.9. The van der Waals surface area contributed by atoms with Gasteiger partial charge in [0.2, 0.25) is 38.5 Å². The first-order valence-corrected chi connectivity index (χ1v) is 35.9. The van der Waals surface area contributed by atoms with Gasteiger partial charge in [-0.2, -0.15) is 26.0 Å². The zero-order valence-corrected chi connectivity index (χ0v) is 57.9.